The molecule has 0 radical (unpaired) electrons. The van der Waals surface area contributed by atoms with Gasteiger partial charge in [-0.3, -0.25) is 4.18 Å². The fourth-order valence-electron chi connectivity index (χ4n) is 2.15. The number of allylic oxidation sites excluding steroid dienone is 1. The van der Waals surface area contributed by atoms with E-state index >= 15 is 0 Å². The standard InChI is InChI=1S/C16H23FO2S/c1-10(2)15-7-11(3)16(12(4)8-15)20(18)19-14(6)9-13(5)17/h7-8,13-14H,1,9H2,2-6H3. The molecule has 1 aromatic carbocycles. The van der Waals surface area contributed by atoms with Crippen molar-refractivity contribution in [1.29, 1.82) is 0 Å². The van der Waals surface area contributed by atoms with E-state index in [-0.39, 0.29) is 12.5 Å². The molecule has 0 heterocycles. The third-order valence-corrected chi connectivity index (χ3v) is 4.51. The second-order valence-corrected chi connectivity index (χ2v) is 6.45. The Balaban J connectivity index is 2.96. The second-order valence-electron chi connectivity index (χ2n) is 5.38. The Bertz CT molecular complexity index is 500. The molecule has 3 unspecified atom stereocenters. The molecule has 0 aliphatic heterocycles. The zero-order valence-electron chi connectivity index (χ0n) is 12.8. The zero-order chi connectivity index (χ0) is 15.4. The Morgan fingerprint density at radius 1 is 1.35 bits per heavy atom. The Labute approximate surface area is 123 Å². The molecule has 20 heavy (non-hydrogen) atoms. The van der Waals surface area contributed by atoms with E-state index < -0.39 is 17.3 Å². The maximum atomic E-state index is 12.9. The van der Waals surface area contributed by atoms with Gasteiger partial charge in [-0.25, -0.2) is 8.60 Å². The van der Waals surface area contributed by atoms with Crippen LogP contribution in [0.15, 0.2) is 23.6 Å². The highest BCUT2D eigenvalue weighted by Crippen LogP contribution is 2.25. The first-order valence-electron chi connectivity index (χ1n) is 6.72. The van der Waals surface area contributed by atoms with Crippen LogP contribution >= 0.6 is 0 Å². The summed E-state index contributed by atoms with van der Waals surface area (Å²) in [4.78, 5) is 0.674. The third-order valence-electron chi connectivity index (χ3n) is 3.03. The van der Waals surface area contributed by atoms with Gasteiger partial charge in [-0.2, -0.15) is 0 Å². The lowest BCUT2D eigenvalue weighted by Crippen LogP contribution is -2.16. The maximum absolute atomic E-state index is 12.9. The average Bonchev–Trinajstić information content (AvgIpc) is 2.25. The number of hydrogen-bond donors (Lipinski definition) is 0. The van der Waals surface area contributed by atoms with Crippen LogP contribution in [0.3, 0.4) is 0 Å². The van der Waals surface area contributed by atoms with Gasteiger partial charge in [0, 0.05) is 6.42 Å². The second kappa shape index (κ2) is 7.14. The number of halogens is 1. The summed E-state index contributed by atoms with van der Waals surface area (Å²) in [6, 6.07) is 3.91. The van der Waals surface area contributed by atoms with Gasteiger partial charge in [0.15, 0.2) is 11.1 Å². The molecule has 0 saturated carbocycles. The topological polar surface area (TPSA) is 26.3 Å². The lowest BCUT2D eigenvalue weighted by molar-refractivity contribution is 0.187. The first-order valence-corrected chi connectivity index (χ1v) is 7.80. The Morgan fingerprint density at radius 3 is 2.25 bits per heavy atom. The lowest BCUT2D eigenvalue weighted by Gasteiger charge is -2.16. The van der Waals surface area contributed by atoms with Crippen molar-refractivity contribution in [1.82, 2.24) is 0 Å². The Kier molecular flexibility index (Phi) is 6.08. The fraction of sp³-hybridized carbons (Fsp3) is 0.500. The number of hydrogen-bond acceptors (Lipinski definition) is 2. The fourth-order valence-corrected chi connectivity index (χ4v) is 3.27. The van der Waals surface area contributed by atoms with Gasteiger partial charge in [-0.1, -0.05) is 24.3 Å². The minimum Gasteiger partial charge on any atom is -0.284 e. The van der Waals surface area contributed by atoms with Crippen LogP contribution in [0.5, 0.6) is 0 Å². The molecule has 2 nitrogen and oxygen atoms in total. The first-order chi connectivity index (χ1) is 9.22. The van der Waals surface area contributed by atoms with Gasteiger partial charge in [0.2, 0.25) is 0 Å². The summed E-state index contributed by atoms with van der Waals surface area (Å²) in [5.74, 6) is 0. The van der Waals surface area contributed by atoms with E-state index in [4.69, 9.17) is 4.18 Å². The predicted octanol–water partition coefficient (Wildman–Crippen LogP) is 4.51. The minimum atomic E-state index is -1.57. The van der Waals surface area contributed by atoms with Crippen LogP contribution in [0.4, 0.5) is 4.39 Å². The third kappa shape index (κ3) is 4.53. The summed E-state index contributed by atoms with van der Waals surface area (Å²) in [7, 11) is 0. The van der Waals surface area contributed by atoms with E-state index in [1.807, 2.05) is 32.9 Å². The number of benzene rings is 1. The molecule has 0 aliphatic carbocycles. The van der Waals surface area contributed by atoms with E-state index in [9.17, 15) is 8.60 Å². The SMILES string of the molecule is C=C(C)c1cc(C)c(S(=O)OC(C)CC(C)F)c(C)c1. The van der Waals surface area contributed by atoms with Gasteiger partial charge in [-0.15, -0.1) is 0 Å². The van der Waals surface area contributed by atoms with Crippen molar-refractivity contribution >= 4 is 16.7 Å². The van der Waals surface area contributed by atoms with Gasteiger partial charge >= 0.3 is 0 Å². The zero-order valence-corrected chi connectivity index (χ0v) is 13.6. The van der Waals surface area contributed by atoms with Crippen LogP contribution in [-0.2, 0) is 15.3 Å². The molecule has 3 atom stereocenters. The number of rotatable bonds is 6. The number of aryl methyl sites for hydroxylation is 2. The van der Waals surface area contributed by atoms with E-state index in [2.05, 4.69) is 6.58 Å². The van der Waals surface area contributed by atoms with Gasteiger partial charge in [0.25, 0.3) is 0 Å². The summed E-state index contributed by atoms with van der Waals surface area (Å²) < 4.78 is 30.6. The van der Waals surface area contributed by atoms with E-state index in [1.165, 1.54) is 6.92 Å². The minimum absolute atomic E-state index is 0.244. The van der Waals surface area contributed by atoms with Gasteiger partial charge in [0.1, 0.15) is 0 Å². The highest BCUT2D eigenvalue weighted by Gasteiger charge is 2.17. The molecule has 0 amide bonds. The van der Waals surface area contributed by atoms with Crippen LogP contribution in [-0.4, -0.2) is 16.5 Å². The van der Waals surface area contributed by atoms with Crippen molar-refractivity contribution in [3.63, 3.8) is 0 Å². The van der Waals surface area contributed by atoms with Crippen LogP contribution in [0.2, 0.25) is 0 Å². The summed E-state index contributed by atoms with van der Waals surface area (Å²) in [5.41, 5.74) is 3.81. The van der Waals surface area contributed by atoms with Crippen molar-refractivity contribution in [2.24, 2.45) is 0 Å². The summed E-state index contributed by atoms with van der Waals surface area (Å²) in [5, 5.41) is 0. The van der Waals surface area contributed by atoms with Gasteiger partial charge in [-0.05, 0) is 51.3 Å². The molecule has 112 valence electrons. The van der Waals surface area contributed by atoms with Crippen molar-refractivity contribution < 1.29 is 12.8 Å². The van der Waals surface area contributed by atoms with E-state index in [1.54, 1.807) is 6.92 Å². The van der Waals surface area contributed by atoms with Gasteiger partial charge < -0.3 is 0 Å². The molecule has 0 aliphatic rings. The summed E-state index contributed by atoms with van der Waals surface area (Å²) in [6.45, 7) is 12.9. The molecule has 0 spiro atoms. The van der Waals surface area contributed by atoms with Crippen LogP contribution in [0.25, 0.3) is 5.57 Å². The summed E-state index contributed by atoms with van der Waals surface area (Å²) in [6.07, 6.45) is -1.10. The van der Waals surface area contributed by atoms with Crippen molar-refractivity contribution in [2.75, 3.05) is 0 Å². The largest absolute Gasteiger partial charge is 0.284 e. The molecule has 0 N–H and O–H groups in total. The van der Waals surface area contributed by atoms with Crippen LogP contribution in [0, 0.1) is 13.8 Å². The maximum Gasteiger partial charge on any atom is 0.189 e. The highest BCUT2D eigenvalue weighted by atomic mass is 32.2. The molecular weight excluding hydrogens is 275 g/mol. The van der Waals surface area contributed by atoms with E-state index in [0.29, 0.717) is 4.90 Å². The molecular formula is C16H23FO2S. The molecule has 0 fully saturated rings. The van der Waals surface area contributed by atoms with Crippen LogP contribution < -0.4 is 0 Å². The molecule has 1 rings (SSSR count). The smallest absolute Gasteiger partial charge is 0.189 e. The lowest BCUT2D eigenvalue weighted by atomic mass is 10.0. The Morgan fingerprint density at radius 2 is 1.85 bits per heavy atom. The van der Waals surface area contributed by atoms with Crippen molar-refractivity contribution in [3.05, 3.63) is 35.4 Å². The average molecular weight is 298 g/mol. The van der Waals surface area contributed by atoms with Crippen LogP contribution in [0.1, 0.15) is 43.9 Å². The monoisotopic (exact) mass is 298 g/mol. The number of alkyl halides is 1. The predicted molar refractivity (Wildman–Crippen MR) is 82.8 cm³/mol. The molecule has 1 aromatic rings. The Hall–Kier alpha value is -1.00. The molecule has 0 aromatic heterocycles. The van der Waals surface area contributed by atoms with E-state index in [0.717, 1.165) is 22.3 Å². The molecule has 0 saturated heterocycles. The van der Waals surface area contributed by atoms with Crippen molar-refractivity contribution in [3.8, 4) is 0 Å². The first kappa shape index (κ1) is 17.1. The quantitative estimate of drug-likeness (QED) is 0.772. The molecule has 4 heteroatoms. The highest BCUT2D eigenvalue weighted by molar-refractivity contribution is 7.80. The molecule has 0 bridgehead atoms. The van der Waals surface area contributed by atoms with Crippen molar-refractivity contribution in [2.45, 2.75) is 58.2 Å². The van der Waals surface area contributed by atoms with Gasteiger partial charge in [0.05, 0.1) is 17.2 Å². The normalized spacial score (nSPS) is 15.7. The summed E-state index contributed by atoms with van der Waals surface area (Å²) >= 11 is -1.57.